The number of benzene rings is 1. The summed E-state index contributed by atoms with van der Waals surface area (Å²) in [6, 6.07) is 11.6. The van der Waals surface area contributed by atoms with E-state index in [1.807, 2.05) is 24.3 Å². The minimum atomic E-state index is -0.476. The number of ether oxygens (including phenoxy) is 1. The SMILES string of the molecule is CC(C)c1ccc(C2C3=C(OC4CC(C)C(Cl)CC4C3=O)C(=O)N2Cc2cccnc2)cc1. The molecule has 1 aliphatic carbocycles. The summed E-state index contributed by atoms with van der Waals surface area (Å²) >= 11 is 6.55. The molecule has 1 aromatic carbocycles. The van der Waals surface area contributed by atoms with Gasteiger partial charge in [0.15, 0.2) is 11.5 Å². The van der Waals surface area contributed by atoms with E-state index in [2.05, 4.69) is 37.9 Å². The van der Waals surface area contributed by atoms with Crippen molar-refractivity contribution in [1.29, 1.82) is 0 Å². The summed E-state index contributed by atoms with van der Waals surface area (Å²) in [5.41, 5.74) is 3.53. The second-order valence-electron chi connectivity index (χ2n) is 9.85. The van der Waals surface area contributed by atoms with Gasteiger partial charge in [0, 0.05) is 24.3 Å². The number of Topliss-reactive ketones (excluding diaryl/α,β-unsaturated/α-hetero) is 1. The van der Waals surface area contributed by atoms with E-state index < -0.39 is 6.04 Å². The van der Waals surface area contributed by atoms with Gasteiger partial charge in [0.1, 0.15) is 6.10 Å². The number of hydrogen-bond acceptors (Lipinski definition) is 4. The average Bonchev–Trinajstić information content (AvgIpc) is 3.08. The number of aromatic nitrogens is 1. The second kappa shape index (κ2) is 8.60. The second-order valence-corrected chi connectivity index (χ2v) is 10.4. The molecule has 3 heterocycles. The number of halogens is 1. The fourth-order valence-corrected chi connectivity index (χ4v) is 5.62. The smallest absolute Gasteiger partial charge is 0.290 e. The van der Waals surface area contributed by atoms with Crippen LogP contribution in [-0.2, 0) is 20.9 Å². The number of amides is 1. The number of hydrogen-bond donors (Lipinski definition) is 0. The maximum atomic E-state index is 13.8. The van der Waals surface area contributed by atoms with Crippen molar-refractivity contribution in [2.24, 2.45) is 11.8 Å². The van der Waals surface area contributed by atoms with Crippen molar-refractivity contribution >= 4 is 23.3 Å². The van der Waals surface area contributed by atoms with Gasteiger partial charge in [0.25, 0.3) is 5.91 Å². The Bertz CT molecular complexity index is 1100. The summed E-state index contributed by atoms with van der Waals surface area (Å²) in [5, 5.41) is -0.0617. The molecule has 5 atom stereocenters. The van der Waals surface area contributed by atoms with Crippen molar-refractivity contribution in [3.05, 3.63) is 76.8 Å². The van der Waals surface area contributed by atoms with Crippen molar-refractivity contribution in [2.45, 2.75) is 63.6 Å². The molecule has 5 unspecified atom stereocenters. The van der Waals surface area contributed by atoms with Gasteiger partial charge in [-0.2, -0.15) is 0 Å². The van der Waals surface area contributed by atoms with E-state index >= 15 is 0 Å². The Morgan fingerprint density at radius 1 is 1.15 bits per heavy atom. The lowest BCUT2D eigenvalue weighted by Crippen LogP contribution is -2.44. The van der Waals surface area contributed by atoms with Gasteiger partial charge in [0.05, 0.1) is 17.5 Å². The molecule has 0 saturated heterocycles. The zero-order valence-corrected chi connectivity index (χ0v) is 20.0. The number of carbonyl (C=O) groups is 2. The number of ketones is 1. The van der Waals surface area contributed by atoms with Crippen molar-refractivity contribution in [3.8, 4) is 0 Å². The Kier molecular flexibility index (Phi) is 5.77. The maximum Gasteiger partial charge on any atom is 0.290 e. The van der Waals surface area contributed by atoms with Gasteiger partial charge in [-0.05, 0) is 47.4 Å². The largest absolute Gasteiger partial charge is 0.483 e. The lowest BCUT2D eigenvalue weighted by Gasteiger charge is -2.40. The molecule has 2 aliphatic heterocycles. The molecular formula is C27H29ClN2O3. The van der Waals surface area contributed by atoms with Crippen LogP contribution in [0, 0.1) is 11.8 Å². The molecule has 0 radical (unpaired) electrons. The van der Waals surface area contributed by atoms with Gasteiger partial charge >= 0.3 is 0 Å². The van der Waals surface area contributed by atoms with Crippen molar-refractivity contribution in [2.75, 3.05) is 0 Å². The van der Waals surface area contributed by atoms with Crippen molar-refractivity contribution in [3.63, 3.8) is 0 Å². The van der Waals surface area contributed by atoms with Gasteiger partial charge in [-0.1, -0.05) is 51.1 Å². The van der Waals surface area contributed by atoms with E-state index in [1.54, 1.807) is 17.3 Å². The third-order valence-electron chi connectivity index (χ3n) is 7.30. The summed E-state index contributed by atoms with van der Waals surface area (Å²) in [6.45, 7) is 6.73. The van der Waals surface area contributed by atoms with E-state index in [-0.39, 0.29) is 40.8 Å². The van der Waals surface area contributed by atoms with Crippen LogP contribution < -0.4 is 0 Å². The third kappa shape index (κ3) is 3.86. The Morgan fingerprint density at radius 3 is 2.58 bits per heavy atom. The van der Waals surface area contributed by atoms with Gasteiger partial charge in [0.2, 0.25) is 0 Å². The highest BCUT2D eigenvalue weighted by Gasteiger charge is 2.53. The minimum Gasteiger partial charge on any atom is -0.483 e. The van der Waals surface area contributed by atoms with E-state index in [0.717, 1.165) is 11.1 Å². The molecule has 2 aromatic rings. The van der Waals surface area contributed by atoms with Gasteiger partial charge in [-0.25, -0.2) is 0 Å². The first kappa shape index (κ1) is 22.1. The number of pyridine rings is 1. The van der Waals surface area contributed by atoms with Crippen LogP contribution >= 0.6 is 11.6 Å². The number of carbonyl (C=O) groups excluding carboxylic acids is 2. The van der Waals surface area contributed by atoms with Gasteiger partial charge < -0.3 is 9.64 Å². The van der Waals surface area contributed by atoms with Gasteiger partial charge in [-0.3, -0.25) is 14.6 Å². The van der Waals surface area contributed by atoms with Crippen molar-refractivity contribution < 1.29 is 14.3 Å². The molecule has 0 N–H and O–H groups in total. The number of rotatable bonds is 4. The van der Waals surface area contributed by atoms with Crippen LogP contribution in [0.1, 0.15) is 62.3 Å². The minimum absolute atomic E-state index is 0.0128. The molecule has 172 valence electrons. The Hall–Kier alpha value is -2.66. The molecule has 0 bridgehead atoms. The predicted molar refractivity (Wildman–Crippen MR) is 126 cm³/mol. The molecule has 5 rings (SSSR count). The Morgan fingerprint density at radius 2 is 1.91 bits per heavy atom. The third-order valence-corrected chi connectivity index (χ3v) is 7.91. The molecule has 0 spiro atoms. The zero-order chi connectivity index (χ0) is 23.3. The molecule has 6 heteroatoms. The molecule has 5 nitrogen and oxygen atoms in total. The lowest BCUT2D eigenvalue weighted by atomic mass is 9.74. The quantitative estimate of drug-likeness (QED) is 0.586. The molecule has 3 aliphatic rings. The lowest BCUT2D eigenvalue weighted by molar-refractivity contribution is -0.136. The fourth-order valence-electron chi connectivity index (χ4n) is 5.33. The van der Waals surface area contributed by atoms with Crippen LogP contribution in [-0.4, -0.2) is 33.1 Å². The number of nitrogens with zero attached hydrogens (tertiary/aromatic N) is 2. The molecule has 1 amide bonds. The van der Waals surface area contributed by atoms with E-state index in [1.165, 1.54) is 5.56 Å². The van der Waals surface area contributed by atoms with E-state index in [4.69, 9.17) is 16.3 Å². The molecule has 1 aromatic heterocycles. The van der Waals surface area contributed by atoms with Crippen LogP contribution in [0.3, 0.4) is 0 Å². The number of fused-ring (bicyclic) bond motifs is 1. The van der Waals surface area contributed by atoms with Crippen LogP contribution in [0.2, 0.25) is 0 Å². The van der Waals surface area contributed by atoms with E-state index in [9.17, 15) is 9.59 Å². The monoisotopic (exact) mass is 464 g/mol. The summed E-state index contributed by atoms with van der Waals surface area (Å²) in [6.07, 6.45) is 4.45. The first-order valence-electron chi connectivity index (χ1n) is 11.7. The van der Waals surface area contributed by atoms with E-state index in [0.29, 0.717) is 30.9 Å². The van der Waals surface area contributed by atoms with Crippen LogP contribution in [0.15, 0.2) is 60.1 Å². The Labute approximate surface area is 199 Å². The Balaban J connectivity index is 1.56. The fraction of sp³-hybridized carbons (Fsp3) is 0.444. The highest BCUT2D eigenvalue weighted by molar-refractivity contribution is 6.21. The van der Waals surface area contributed by atoms with Gasteiger partial charge in [-0.15, -0.1) is 11.6 Å². The standard InChI is InChI=1S/C27H29ClN2O3/c1-15(2)18-6-8-19(9-7-18)24-23-25(31)20-12-21(28)16(3)11-22(20)33-26(23)27(32)30(24)14-17-5-4-10-29-13-17/h4-10,13,15-16,20-22,24H,11-12,14H2,1-3H3. The highest BCUT2D eigenvalue weighted by Crippen LogP contribution is 2.48. The summed E-state index contributed by atoms with van der Waals surface area (Å²) in [5.74, 6) is 0.355. The summed E-state index contributed by atoms with van der Waals surface area (Å²) < 4.78 is 6.29. The molecular weight excluding hydrogens is 436 g/mol. The summed E-state index contributed by atoms with van der Waals surface area (Å²) in [7, 11) is 0. The summed E-state index contributed by atoms with van der Waals surface area (Å²) in [4.78, 5) is 33.4. The maximum absolute atomic E-state index is 13.8. The molecule has 1 fully saturated rings. The average molecular weight is 465 g/mol. The molecule has 33 heavy (non-hydrogen) atoms. The first-order valence-corrected chi connectivity index (χ1v) is 12.2. The molecule has 1 saturated carbocycles. The normalized spacial score (nSPS) is 29.2. The van der Waals surface area contributed by atoms with Crippen molar-refractivity contribution in [1.82, 2.24) is 9.88 Å². The topological polar surface area (TPSA) is 59.5 Å². The first-order chi connectivity index (χ1) is 15.8. The predicted octanol–water partition coefficient (Wildman–Crippen LogP) is 5.16. The van der Waals surface area contributed by atoms with Crippen LogP contribution in [0.4, 0.5) is 0 Å². The number of alkyl halides is 1. The van der Waals surface area contributed by atoms with Crippen LogP contribution in [0.25, 0.3) is 0 Å². The highest BCUT2D eigenvalue weighted by atomic mass is 35.5. The van der Waals surface area contributed by atoms with Crippen LogP contribution in [0.5, 0.6) is 0 Å². The zero-order valence-electron chi connectivity index (χ0n) is 19.2.